The molecule has 186 valence electrons. The third-order valence-electron chi connectivity index (χ3n) is 6.30. The standard InChI is InChI=1S/C28H36NP.2C2H6/c1-5-7-8-17-25-23(16-11-13-20(3)27(30)12-6-2)24-18-21-14-9-10-15-22(21)19-26(24)28(25,4)29;2*1-2/h5,8-11,13-15,17-20,27H,1,6-7,12,16,29-30H2,2-4H3;2*1-2H3/b13-11-,17-8-;;. The van der Waals surface area contributed by atoms with Gasteiger partial charge in [0.25, 0.3) is 0 Å². The minimum absolute atomic E-state index is 0.489. The smallest absolute Gasteiger partial charge is 0.0645 e. The molecule has 0 saturated carbocycles. The summed E-state index contributed by atoms with van der Waals surface area (Å²) in [6.45, 7) is 18.6. The minimum Gasteiger partial charge on any atom is -0.318 e. The molecule has 4 atom stereocenters. The zero-order chi connectivity index (χ0) is 25.7. The number of rotatable bonds is 9. The maximum absolute atomic E-state index is 6.95. The van der Waals surface area contributed by atoms with Crippen LogP contribution in [0, 0.1) is 5.92 Å². The first-order valence-corrected chi connectivity index (χ1v) is 13.8. The van der Waals surface area contributed by atoms with Crippen LogP contribution < -0.4 is 5.73 Å². The van der Waals surface area contributed by atoms with Gasteiger partial charge in [-0.25, -0.2) is 0 Å². The van der Waals surface area contributed by atoms with Crippen molar-refractivity contribution in [3.8, 4) is 0 Å². The molecule has 0 radical (unpaired) electrons. The highest BCUT2D eigenvalue weighted by molar-refractivity contribution is 7.17. The Bertz CT molecular complexity index is 993. The maximum Gasteiger partial charge on any atom is 0.0645 e. The average Bonchev–Trinajstić information content (AvgIpc) is 3.06. The third-order valence-corrected chi connectivity index (χ3v) is 7.24. The van der Waals surface area contributed by atoms with Gasteiger partial charge in [0.05, 0.1) is 5.54 Å². The van der Waals surface area contributed by atoms with Gasteiger partial charge in [-0.2, -0.15) is 0 Å². The van der Waals surface area contributed by atoms with Crippen LogP contribution in [0.1, 0.15) is 85.3 Å². The van der Waals surface area contributed by atoms with Crippen molar-refractivity contribution in [3.05, 3.63) is 90.1 Å². The van der Waals surface area contributed by atoms with Gasteiger partial charge in [0.2, 0.25) is 0 Å². The van der Waals surface area contributed by atoms with E-state index in [2.05, 4.69) is 97.3 Å². The molecule has 0 fully saturated rings. The van der Waals surface area contributed by atoms with E-state index in [0.29, 0.717) is 11.6 Å². The fourth-order valence-corrected chi connectivity index (χ4v) is 4.90. The van der Waals surface area contributed by atoms with Crippen molar-refractivity contribution in [3.63, 3.8) is 0 Å². The zero-order valence-electron chi connectivity index (χ0n) is 22.7. The van der Waals surface area contributed by atoms with E-state index in [-0.39, 0.29) is 0 Å². The number of nitrogens with two attached hydrogens (primary N) is 1. The first-order chi connectivity index (χ1) is 16.4. The van der Waals surface area contributed by atoms with Gasteiger partial charge in [-0.1, -0.05) is 103 Å². The highest BCUT2D eigenvalue weighted by Gasteiger charge is 2.36. The van der Waals surface area contributed by atoms with Gasteiger partial charge < -0.3 is 5.73 Å². The quantitative estimate of drug-likeness (QED) is 0.282. The van der Waals surface area contributed by atoms with E-state index in [1.54, 1.807) is 0 Å². The molecule has 0 saturated heterocycles. The molecular weight excluding hydrogens is 429 g/mol. The average molecular weight is 478 g/mol. The lowest BCUT2D eigenvalue weighted by Gasteiger charge is -2.23. The lowest BCUT2D eigenvalue weighted by atomic mass is 9.88. The third kappa shape index (κ3) is 7.27. The molecule has 1 nitrogen and oxygen atoms in total. The molecular formula is C32H48NP. The van der Waals surface area contributed by atoms with E-state index in [4.69, 9.17) is 5.73 Å². The van der Waals surface area contributed by atoms with Crippen LogP contribution >= 0.6 is 9.24 Å². The fourth-order valence-electron chi connectivity index (χ4n) is 4.44. The first-order valence-electron chi connectivity index (χ1n) is 13.2. The molecule has 4 unspecified atom stereocenters. The number of allylic oxidation sites excluding steroid dienone is 5. The summed E-state index contributed by atoms with van der Waals surface area (Å²) in [7, 11) is 3.01. The van der Waals surface area contributed by atoms with E-state index < -0.39 is 5.54 Å². The van der Waals surface area contributed by atoms with Crippen molar-refractivity contribution >= 4 is 25.6 Å². The molecule has 0 amide bonds. The molecule has 3 rings (SSSR count). The molecule has 34 heavy (non-hydrogen) atoms. The van der Waals surface area contributed by atoms with Gasteiger partial charge in [-0.3, -0.25) is 0 Å². The molecule has 0 spiro atoms. The van der Waals surface area contributed by atoms with Gasteiger partial charge in [0.1, 0.15) is 0 Å². The van der Waals surface area contributed by atoms with Gasteiger partial charge in [-0.15, -0.1) is 15.8 Å². The first kappa shape index (κ1) is 30.1. The SMILES string of the molecule is C=CC/C=C\C1=C(C/C=C\C(C)C(P)CCC)c2cc3ccccc3cc2C1(C)N.CC.CC. The Morgan fingerprint density at radius 3 is 2.26 bits per heavy atom. The largest absolute Gasteiger partial charge is 0.318 e. The summed E-state index contributed by atoms with van der Waals surface area (Å²) in [5.74, 6) is 0.553. The van der Waals surface area contributed by atoms with Crippen molar-refractivity contribution in [2.45, 2.75) is 85.3 Å². The number of hydrogen-bond acceptors (Lipinski definition) is 1. The fraction of sp³-hybridized carbons (Fsp3) is 0.438. The van der Waals surface area contributed by atoms with Crippen LogP contribution in [-0.4, -0.2) is 5.66 Å². The minimum atomic E-state index is -0.489. The van der Waals surface area contributed by atoms with E-state index >= 15 is 0 Å². The van der Waals surface area contributed by atoms with Gasteiger partial charge >= 0.3 is 0 Å². The Kier molecular flexibility index (Phi) is 13.4. The molecule has 1 aliphatic rings. The van der Waals surface area contributed by atoms with Crippen LogP contribution in [0.25, 0.3) is 16.3 Å². The van der Waals surface area contributed by atoms with E-state index in [1.807, 2.05) is 33.8 Å². The molecule has 2 aromatic carbocycles. The van der Waals surface area contributed by atoms with Crippen molar-refractivity contribution < 1.29 is 0 Å². The summed E-state index contributed by atoms with van der Waals surface area (Å²) in [6.07, 6.45) is 15.2. The molecule has 0 heterocycles. The van der Waals surface area contributed by atoms with Crippen molar-refractivity contribution in [1.29, 1.82) is 0 Å². The van der Waals surface area contributed by atoms with Gasteiger partial charge in [0, 0.05) is 0 Å². The van der Waals surface area contributed by atoms with E-state index in [1.165, 1.54) is 45.9 Å². The molecule has 2 aromatic rings. The summed E-state index contributed by atoms with van der Waals surface area (Å²) in [5.41, 5.74) is 12.2. The molecule has 2 N–H and O–H groups in total. The topological polar surface area (TPSA) is 26.0 Å². The zero-order valence-corrected chi connectivity index (χ0v) is 23.9. The molecule has 0 bridgehead atoms. The second-order valence-electron chi connectivity index (χ2n) is 8.71. The summed E-state index contributed by atoms with van der Waals surface area (Å²) in [6, 6.07) is 13.2. The highest BCUT2D eigenvalue weighted by atomic mass is 31.0. The lowest BCUT2D eigenvalue weighted by Crippen LogP contribution is -2.32. The van der Waals surface area contributed by atoms with Gasteiger partial charge in [-0.05, 0) is 82.9 Å². The van der Waals surface area contributed by atoms with Crippen LogP contribution in [0.5, 0.6) is 0 Å². The van der Waals surface area contributed by atoms with Crippen LogP contribution in [0.15, 0.2) is 78.9 Å². The normalized spacial score (nSPS) is 18.9. The van der Waals surface area contributed by atoms with Crippen molar-refractivity contribution in [1.82, 2.24) is 0 Å². The Labute approximate surface area is 212 Å². The van der Waals surface area contributed by atoms with Crippen molar-refractivity contribution in [2.75, 3.05) is 0 Å². The van der Waals surface area contributed by atoms with E-state index in [0.717, 1.165) is 12.8 Å². The Balaban J connectivity index is 0.00000137. The molecule has 0 aliphatic heterocycles. The maximum atomic E-state index is 6.95. The predicted octanol–water partition coefficient (Wildman–Crippen LogP) is 9.59. The summed E-state index contributed by atoms with van der Waals surface area (Å²) >= 11 is 0. The van der Waals surface area contributed by atoms with Crippen LogP contribution in [-0.2, 0) is 5.54 Å². The second-order valence-corrected chi connectivity index (χ2v) is 9.57. The Morgan fingerprint density at radius 2 is 1.68 bits per heavy atom. The lowest BCUT2D eigenvalue weighted by molar-refractivity contribution is 0.614. The second kappa shape index (κ2) is 15.1. The Hall–Kier alpha value is -1.95. The van der Waals surface area contributed by atoms with Crippen molar-refractivity contribution in [2.24, 2.45) is 11.7 Å². The molecule has 0 aromatic heterocycles. The number of benzene rings is 2. The number of fused-ring (bicyclic) bond motifs is 2. The molecule has 1 aliphatic carbocycles. The van der Waals surface area contributed by atoms with Crippen LogP contribution in [0.2, 0.25) is 0 Å². The summed E-state index contributed by atoms with van der Waals surface area (Å²) < 4.78 is 0. The van der Waals surface area contributed by atoms with Crippen LogP contribution in [0.3, 0.4) is 0 Å². The Morgan fingerprint density at radius 1 is 1.06 bits per heavy atom. The monoisotopic (exact) mass is 477 g/mol. The predicted molar refractivity (Wildman–Crippen MR) is 160 cm³/mol. The summed E-state index contributed by atoms with van der Waals surface area (Å²) in [4.78, 5) is 0. The summed E-state index contributed by atoms with van der Waals surface area (Å²) in [5, 5.41) is 2.52. The number of hydrogen-bond donors (Lipinski definition) is 1. The van der Waals surface area contributed by atoms with Crippen LogP contribution in [0.4, 0.5) is 0 Å². The molecule has 2 heteroatoms. The van der Waals surface area contributed by atoms with E-state index in [9.17, 15) is 0 Å². The highest BCUT2D eigenvalue weighted by Crippen LogP contribution is 2.46. The van der Waals surface area contributed by atoms with Gasteiger partial charge in [0.15, 0.2) is 0 Å².